The molecule has 1 rings (SSSR count). The molecule has 0 bridgehead atoms. The predicted octanol–water partition coefficient (Wildman–Crippen LogP) is 4.23. The number of alkyl halides is 3. The first-order chi connectivity index (χ1) is 9.25. The molecule has 3 nitrogen and oxygen atoms in total. The van der Waals surface area contributed by atoms with Crippen LogP contribution in [0.4, 0.5) is 13.2 Å². The Bertz CT molecular complexity index is 433. The third kappa shape index (κ3) is 4.67. The number of hydrogen-bond donors (Lipinski definition) is 0. The Hall–Kier alpha value is -1.30. The number of ether oxygens (including phenoxy) is 2. The number of nitrogens with zero attached hydrogens (tertiary/aromatic N) is 1. The van der Waals surface area contributed by atoms with Crippen molar-refractivity contribution in [1.82, 2.24) is 4.98 Å². The molecule has 20 heavy (non-hydrogen) atoms. The SMILES string of the molecule is COC(C)c1ncc(OCCC(C)C)cc1C(F)(F)F. The topological polar surface area (TPSA) is 31.4 Å². The molecule has 6 heteroatoms. The monoisotopic (exact) mass is 291 g/mol. The van der Waals surface area contributed by atoms with Gasteiger partial charge >= 0.3 is 6.18 Å². The van der Waals surface area contributed by atoms with Gasteiger partial charge in [-0.25, -0.2) is 0 Å². The summed E-state index contributed by atoms with van der Waals surface area (Å²) in [4.78, 5) is 3.84. The van der Waals surface area contributed by atoms with Crippen molar-refractivity contribution in [3.8, 4) is 5.75 Å². The highest BCUT2D eigenvalue weighted by molar-refractivity contribution is 5.32. The minimum Gasteiger partial charge on any atom is -0.492 e. The number of pyridine rings is 1. The number of methoxy groups -OCH3 is 1. The van der Waals surface area contributed by atoms with Crippen molar-refractivity contribution in [2.45, 2.75) is 39.5 Å². The first kappa shape index (κ1) is 16.8. The van der Waals surface area contributed by atoms with Gasteiger partial charge in [-0.1, -0.05) is 13.8 Å². The van der Waals surface area contributed by atoms with Crippen LogP contribution in [0.5, 0.6) is 5.75 Å². The van der Waals surface area contributed by atoms with Crippen LogP contribution in [0.2, 0.25) is 0 Å². The molecule has 0 radical (unpaired) electrons. The Labute approximate surface area is 117 Å². The van der Waals surface area contributed by atoms with Gasteiger partial charge in [0.1, 0.15) is 5.75 Å². The number of hydrogen-bond acceptors (Lipinski definition) is 3. The van der Waals surface area contributed by atoms with Gasteiger partial charge < -0.3 is 9.47 Å². The summed E-state index contributed by atoms with van der Waals surface area (Å²) in [5.74, 6) is 0.558. The van der Waals surface area contributed by atoms with Crippen LogP contribution in [0.1, 0.15) is 44.6 Å². The van der Waals surface area contributed by atoms with E-state index in [0.29, 0.717) is 12.5 Å². The number of aromatic nitrogens is 1. The van der Waals surface area contributed by atoms with Crippen molar-refractivity contribution < 1.29 is 22.6 Å². The largest absolute Gasteiger partial charge is 0.492 e. The lowest BCUT2D eigenvalue weighted by Gasteiger charge is -2.17. The van der Waals surface area contributed by atoms with Crippen LogP contribution in [-0.2, 0) is 10.9 Å². The molecule has 1 unspecified atom stereocenters. The number of rotatable bonds is 6. The molecular weight excluding hydrogens is 271 g/mol. The van der Waals surface area contributed by atoms with E-state index in [4.69, 9.17) is 9.47 Å². The van der Waals surface area contributed by atoms with Gasteiger partial charge in [0.25, 0.3) is 0 Å². The van der Waals surface area contributed by atoms with Gasteiger partial charge in [-0.15, -0.1) is 0 Å². The molecule has 0 aliphatic carbocycles. The third-order valence-electron chi connectivity index (χ3n) is 2.90. The zero-order valence-corrected chi connectivity index (χ0v) is 12.1. The van der Waals surface area contributed by atoms with Crippen LogP contribution in [0.15, 0.2) is 12.3 Å². The van der Waals surface area contributed by atoms with Gasteiger partial charge in [0.05, 0.1) is 30.2 Å². The van der Waals surface area contributed by atoms with Crippen molar-refractivity contribution in [3.05, 3.63) is 23.5 Å². The average Bonchev–Trinajstić information content (AvgIpc) is 2.36. The van der Waals surface area contributed by atoms with Crippen LogP contribution >= 0.6 is 0 Å². The molecule has 0 saturated heterocycles. The van der Waals surface area contributed by atoms with Crippen molar-refractivity contribution in [3.63, 3.8) is 0 Å². The van der Waals surface area contributed by atoms with Crippen molar-refractivity contribution in [2.24, 2.45) is 5.92 Å². The summed E-state index contributed by atoms with van der Waals surface area (Å²) >= 11 is 0. The predicted molar refractivity (Wildman–Crippen MR) is 69.6 cm³/mol. The normalized spacial score (nSPS) is 13.6. The highest BCUT2D eigenvalue weighted by Gasteiger charge is 2.36. The van der Waals surface area contributed by atoms with Gasteiger partial charge in [0.15, 0.2) is 0 Å². The first-order valence-electron chi connectivity index (χ1n) is 6.48. The van der Waals surface area contributed by atoms with E-state index in [1.807, 2.05) is 13.8 Å². The maximum atomic E-state index is 13.0. The fraction of sp³-hybridized carbons (Fsp3) is 0.643. The number of halogens is 3. The van der Waals surface area contributed by atoms with Crippen molar-refractivity contribution in [1.29, 1.82) is 0 Å². The van der Waals surface area contributed by atoms with Crippen LogP contribution in [0.25, 0.3) is 0 Å². The van der Waals surface area contributed by atoms with Gasteiger partial charge in [0.2, 0.25) is 0 Å². The van der Waals surface area contributed by atoms with E-state index in [1.54, 1.807) is 0 Å². The molecule has 0 aromatic carbocycles. The fourth-order valence-electron chi connectivity index (χ4n) is 1.61. The molecular formula is C14H20F3NO2. The molecule has 1 atom stereocenters. The summed E-state index contributed by atoms with van der Waals surface area (Å²) in [5, 5.41) is 0. The van der Waals surface area contributed by atoms with E-state index in [2.05, 4.69) is 4.98 Å². The zero-order chi connectivity index (χ0) is 15.3. The Balaban J connectivity index is 2.96. The Morgan fingerprint density at radius 3 is 2.40 bits per heavy atom. The Kier molecular flexibility index (Phi) is 5.80. The summed E-state index contributed by atoms with van der Waals surface area (Å²) in [7, 11) is 1.35. The smallest absolute Gasteiger partial charge is 0.418 e. The van der Waals surface area contributed by atoms with E-state index < -0.39 is 17.8 Å². The van der Waals surface area contributed by atoms with Crippen LogP contribution in [-0.4, -0.2) is 18.7 Å². The minimum absolute atomic E-state index is 0.129. The maximum Gasteiger partial charge on any atom is 0.418 e. The highest BCUT2D eigenvalue weighted by atomic mass is 19.4. The van der Waals surface area contributed by atoms with E-state index in [1.165, 1.54) is 20.2 Å². The van der Waals surface area contributed by atoms with E-state index in [0.717, 1.165) is 12.5 Å². The van der Waals surface area contributed by atoms with Gasteiger partial charge in [-0.3, -0.25) is 4.98 Å². The molecule has 1 aromatic heterocycles. The van der Waals surface area contributed by atoms with Gasteiger partial charge in [-0.2, -0.15) is 13.2 Å². The standard InChI is InChI=1S/C14H20F3NO2/c1-9(2)5-6-20-11-7-12(14(15,16)17)13(18-8-11)10(3)19-4/h7-10H,5-6H2,1-4H3. The van der Waals surface area contributed by atoms with E-state index in [-0.39, 0.29) is 11.4 Å². The minimum atomic E-state index is -4.48. The van der Waals surface area contributed by atoms with Crippen molar-refractivity contribution >= 4 is 0 Å². The maximum absolute atomic E-state index is 13.0. The molecule has 0 amide bonds. The molecule has 1 aromatic rings. The second kappa shape index (κ2) is 6.92. The highest BCUT2D eigenvalue weighted by Crippen LogP contribution is 2.36. The molecule has 0 fully saturated rings. The third-order valence-corrected chi connectivity index (χ3v) is 2.90. The average molecular weight is 291 g/mol. The molecule has 0 N–H and O–H groups in total. The van der Waals surface area contributed by atoms with E-state index in [9.17, 15) is 13.2 Å². The molecule has 1 heterocycles. The second-order valence-electron chi connectivity index (χ2n) is 5.01. The molecule has 0 saturated carbocycles. The van der Waals surface area contributed by atoms with Crippen molar-refractivity contribution in [2.75, 3.05) is 13.7 Å². The molecule has 0 aliphatic rings. The van der Waals surface area contributed by atoms with Crippen LogP contribution < -0.4 is 4.74 Å². The Morgan fingerprint density at radius 1 is 1.25 bits per heavy atom. The van der Waals surface area contributed by atoms with Gasteiger partial charge in [-0.05, 0) is 25.3 Å². The van der Waals surface area contributed by atoms with Gasteiger partial charge in [0, 0.05) is 7.11 Å². The lowest BCUT2D eigenvalue weighted by molar-refractivity contribution is -0.139. The summed E-state index contributed by atoms with van der Waals surface area (Å²) in [6.07, 6.45) is -3.12. The summed E-state index contributed by atoms with van der Waals surface area (Å²) in [6.45, 7) is 5.94. The molecule has 114 valence electrons. The summed E-state index contributed by atoms with van der Waals surface area (Å²) in [6, 6.07) is 0.984. The van der Waals surface area contributed by atoms with E-state index >= 15 is 0 Å². The lowest BCUT2D eigenvalue weighted by atomic mass is 10.1. The zero-order valence-electron chi connectivity index (χ0n) is 12.1. The quantitative estimate of drug-likeness (QED) is 0.786. The lowest BCUT2D eigenvalue weighted by Crippen LogP contribution is -2.14. The fourth-order valence-corrected chi connectivity index (χ4v) is 1.61. The first-order valence-corrected chi connectivity index (χ1v) is 6.48. The molecule has 0 spiro atoms. The molecule has 0 aliphatic heterocycles. The Morgan fingerprint density at radius 2 is 1.90 bits per heavy atom. The second-order valence-corrected chi connectivity index (χ2v) is 5.01. The van der Waals surface area contributed by atoms with Crippen LogP contribution in [0, 0.1) is 5.92 Å². The summed E-state index contributed by atoms with van der Waals surface area (Å²) in [5.41, 5.74) is -0.940. The van der Waals surface area contributed by atoms with Crippen LogP contribution in [0.3, 0.4) is 0 Å². The summed E-state index contributed by atoms with van der Waals surface area (Å²) < 4.78 is 49.3.